The third kappa shape index (κ3) is 1.92. The third-order valence-corrected chi connectivity index (χ3v) is 3.11. The molecular weight excluding hydrogens is 224 g/mol. The van der Waals surface area contributed by atoms with Crippen molar-refractivity contribution < 1.29 is 4.74 Å². The number of rotatable bonds is 4. The van der Waals surface area contributed by atoms with Crippen molar-refractivity contribution in [1.29, 1.82) is 0 Å². The highest BCUT2D eigenvalue weighted by Crippen LogP contribution is 2.26. The average molecular weight is 240 g/mol. The van der Waals surface area contributed by atoms with Crippen LogP contribution >= 0.6 is 0 Å². The van der Waals surface area contributed by atoms with E-state index in [4.69, 9.17) is 4.74 Å². The molecule has 3 rings (SSSR count). The Bertz CT molecular complexity index is 672. The number of fused-ring (bicyclic) bond motifs is 3. The Hall–Kier alpha value is -2.03. The van der Waals surface area contributed by atoms with Crippen molar-refractivity contribution in [2.45, 2.75) is 19.8 Å². The number of nitrogens with zero attached hydrogens (tertiary/aromatic N) is 1. The molecule has 2 heterocycles. The number of benzene rings is 1. The number of nitrogens with one attached hydrogen (secondary N) is 1. The smallest absolute Gasteiger partial charge is 0.213 e. The van der Waals surface area contributed by atoms with Crippen molar-refractivity contribution in [2.75, 3.05) is 6.61 Å². The van der Waals surface area contributed by atoms with Crippen LogP contribution in [0.15, 0.2) is 36.5 Å². The average Bonchev–Trinajstić information content (AvgIpc) is 2.77. The second-order valence-corrected chi connectivity index (χ2v) is 4.44. The van der Waals surface area contributed by atoms with Gasteiger partial charge in [0.05, 0.1) is 18.3 Å². The lowest BCUT2D eigenvalue weighted by molar-refractivity contribution is 0.298. The molecule has 0 aliphatic heterocycles. The Morgan fingerprint density at radius 3 is 2.94 bits per heavy atom. The molecule has 18 heavy (non-hydrogen) atoms. The lowest BCUT2D eigenvalue weighted by Crippen LogP contribution is -1.97. The van der Waals surface area contributed by atoms with Gasteiger partial charge in [0.1, 0.15) is 0 Å². The van der Waals surface area contributed by atoms with Gasteiger partial charge in [0.25, 0.3) is 0 Å². The number of aromatic amines is 1. The van der Waals surface area contributed by atoms with E-state index in [9.17, 15) is 0 Å². The summed E-state index contributed by atoms with van der Waals surface area (Å²) in [6, 6.07) is 10.3. The molecule has 0 saturated heterocycles. The lowest BCUT2D eigenvalue weighted by Gasteiger charge is -2.03. The van der Waals surface area contributed by atoms with Crippen molar-refractivity contribution in [1.82, 2.24) is 9.97 Å². The third-order valence-electron chi connectivity index (χ3n) is 3.11. The van der Waals surface area contributed by atoms with Crippen molar-refractivity contribution in [3.8, 4) is 5.88 Å². The molecule has 0 fully saturated rings. The zero-order valence-corrected chi connectivity index (χ0v) is 10.4. The first-order valence-electron chi connectivity index (χ1n) is 6.38. The maximum absolute atomic E-state index is 5.65. The molecule has 0 saturated carbocycles. The standard InChI is InChI=1S/C15H16N2O/c1-2-3-8-18-15-9-12-11-6-4-5-7-13(11)17-14(12)10-16-15/h4-7,9-10,17H,2-3,8H2,1H3. The predicted octanol–water partition coefficient (Wildman–Crippen LogP) is 3.90. The fourth-order valence-corrected chi connectivity index (χ4v) is 2.13. The Kier molecular flexibility index (Phi) is 2.89. The molecule has 3 nitrogen and oxygen atoms in total. The molecule has 0 aliphatic rings. The number of pyridine rings is 1. The first kappa shape index (κ1) is 11.1. The van der Waals surface area contributed by atoms with Gasteiger partial charge in [-0.05, 0) is 12.5 Å². The van der Waals surface area contributed by atoms with Gasteiger partial charge in [-0.1, -0.05) is 31.5 Å². The number of H-pyrrole nitrogens is 1. The largest absolute Gasteiger partial charge is 0.478 e. The molecule has 1 N–H and O–H groups in total. The molecule has 0 atom stereocenters. The number of aromatic nitrogens is 2. The number of ether oxygens (including phenoxy) is 1. The van der Waals surface area contributed by atoms with Gasteiger partial charge in [0.2, 0.25) is 5.88 Å². The fraction of sp³-hybridized carbons (Fsp3) is 0.267. The molecule has 3 heteroatoms. The molecule has 0 amide bonds. The second kappa shape index (κ2) is 4.69. The van der Waals surface area contributed by atoms with Gasteiger partial charge >= 0.3 is 0 Å². The van der Waals surface area contributed by atoms with E-state index in [1.807, 2.05) is 24.4 Å². The van der Waals surface area contributed by atoms with E-state index in [1.165, 1.54) is 10.8 Å². The molecule has 2 aromatic heterocycles. The minimum Gasteiger partial charge on any atom is -0.478 e. The number of unbranched alkanes of at least 4 members (excludes halogenated alkanes) is 1. The highest BCUT2D eigenvalue weighted by Gasteiger charge is 2.05. The minimum atomic E-state index is 0.709. The van der Waals surface area contributed by atoms with Gasteiger partial charge in [-0.2, -0.15) is 0 Å². The van der Waals surface area contributed by atoms with Crippen LogP contribution in [0.1, 0.15) is 19.8 Å². The summed E-state index contributed by atoms with van der Waals surface area (Å²) in [5.41, 5.74) is 2.19. The van der Waals surface area contributed by atoms with Gasteiger partial charge in [0.15, 0.2) is 0 Å². The van der Waals surface area contributed by atoms with E-state index in [-0.39, 0.29) is 0 Å². The van der Waals surface area contributed by atoms with Crippen LogP contribution in [0, 0.1) is 0 Å². The van der Waals surface area contributed by atoms with Crippen LogP contribution in [0.3, 0.4) is 0 Å². The topological polar surface area (TPSA) is 37.9 Å². The maximum atomic E-state index is 5.65. The maximum Gasteiger partial charge on any atom is 0.213 e. The second-order valence-electron chi connectivity index (χ2n) is 4.44. The molecule has 0 spiro atoms. The highest BCUT2D eigenvalue weighted by atomic mass is 16.5. The molecule has 0 radical (unpaired) electrons. The van der Waals surface area contributed by atoms with Crippen LogP contribution < -0.4 is 4.74 Å². The minimum absolute atomic E-state index is 0.709. The van der Waals surface area contributed by atoms with Gasteiger partial charge < -0.3 is 9.72 Å². The first-order valence-corrected chi connectivity index (χ1v) is 6.38. The molecule has 0 aliphatic carbocycles. The monoisotopic (exact) mass is 240 g/mol. The molecule has 0 unspecified atom stereocenters. The van der Waals surface area contributed by atoms with Crippen LogP contribution in [0.4, 0.5) is 0 Å². The van der Waals surface area contributed by atoms with Crippen molar-refractivity contribution in [3.05, 3.63) is 36.5 Å². The molecule has 92 valence electrons. The van der Waals surface area contributed by atoms with E-state index in [2.05, 4.69) is 29.0 Å². The van der Waals surface area contributed by atoms with Crippen molar-refractivity contribution >= 4 is 21.8 Å². The SMILES string of the molecule is CCCCOc1cc2c(cn1)[nH]c1ccccc12. The summed E-state index contributed by atoms with van der Waals surface area (Å²) < 4.78 is 5.65. The van der Waals surface area contributed by atoms with E-state index in [0.717, 1.165) is 30.5 Å². The number of para-hydroxylation sites is 1. The van der Waals surface area contributed by atoms with E-state index >= 15 is 0 Å². The van der Waals surface area contributed by atoms with E-state index in [1.54, 1.807) is 0 Å². The quantitative estimate of drug-likeness (QED) is 0.702. The van der Waals surface area contributed by atoms with E-state index in [0.29, 0.717) is 5.88 Å². The summed E-state index contributed by atoms with van der Waals surface area (Å²) in [4.78, 5) is 7.67. The van der Waals surface area contributed by atoms with Crippen LogP contribution in [0.2, 0.25) is 0 Å². The van der Waals surface area contributed by atoms with Gasteiger partial charge in [-0.25, -0.2) is 4.98 Å². The zero-order valence-electron chi connectivity index (χ0n) is 10.4. The Morgan fingerprint density at radius 1 is 1.17 bits per heavy atom. The zero-order chi connectivity index (χ0) is 12.4. The van der Waals surface area contributed by atoms with Crippen LogP contribution in [0.5, 0.6) is 5.88 Å². The van der Waals surface area contributed by atoms with Gasteiger partial charge in [0, 0.05) is 22.4 Å². The summed E-state index contributed by atoms with van der Waals surface area (Å²) in [5, 5.41) is 2.39. The molecule has 3 aromatic rings. The first-order chi connectivity index (χ1) is 8.88. The highest BCUT2D eigenvalue weighted by molar-refractivity contribution is 6.07. The Balaban J connectivity index is 2.02. The lowest BCUT2D eigenvalue weighted by atomic mass is 10.2. The van der Waals surface area contributed by atoms with Crippen LogP contribution in [-0.2, 0) is 0 Å². The van der Waals surface area contributed by atoms with Crippen molar-refractivity contribution in [2.24, 2.45) is 0 Å². The summed E-state index contributed by atoms with van der Waals surface area (Å²) >= 11 is 0. The molecular formula is C15H16N2O. The summed E-state index contributed by atoms with van der Waals surface area (Å²) in [6.45, 7) is 2.89. The predicted molar refractivity (Wildman–Crippen MR) is 74.0 cm³/mol. The molecule has 1 aromatic carbocycles. The Morgan fingerprint density at radius 2 is 2.06 bits per heavy atom. The fourth-order valence-electron chi connectivity index (χ4n) is 2.13. The Labute approximate surface area is 106 Å². The van der Waals surface area contributed by atoms with Gasteiger partial charge in [-0.15, -0.1) is 0 Å². The van der Waals surface area contributed by atoms with Crippen LogP contribution in [0.25, 0.3) is 21.8 Å². The number of hydrogen-bond donors (Lipinski definition) is 1. The molecule has 0 bridgehead atoms. The number of hydrogen-bond acceptors (Lipinski definition) is 2. The van der Waals surface area contributed by atoms with Crippen LogP contribution in [-0.4, -0.2) is 16.6 Å². The summed E-state index contributed by atoms with van der Waals surface area (Å²) in [7, 11) is 0. The summed E-state index contributed by atoms with van der Waals surface area (Å²) in [5.74, 6) is 0.709. The summed E-state index contributed by atoms with van der Waals surface area (Å²) in [6.07, 6.45) is 4.04. The van der Waals surface area contributed by atoms with Gasteiger partial charge in [-0.3, -0.25) is 0 Å². The van der Waals surface area contributed by atoms with E-state index < -0.39 is 0 Å². The normalized spacial score (nSPS) is 11.2. The van der Waals surface area contributed by atoms with Crippen molar-refractivity contribution in [3.63, 3.8) is 0 Å².